The first-order valence-corrected chi connectivity index (χ1v) is 11.6. The largest absolute Gasteiger partial charge is 0.416 e. The van der Waals surface area contributed by atoms with Gasteiger partial charge in [-0.05, 0) is 69.0 Å². The quantitative estimate of drug-likeness (QED) is 0.719. The standard InChI is InChI=1S/C22H25F3N2O3S/c1-15-5-3-6-16(2)27(15)21(28)18-11-9-17(10-12-18)14-26-31(29,30)20-8-4-7-19(13-20)22(23,24)25/h4,7-13,15-16,26H,3,5-6,14H2,1-2H3/t15-,16-/m1/s1. The van der Waals surface area contributed by atoms with Gasteiger partial charge in [0.1, 0.15) is 0 Å². The fraction of sp³-hybridized carbons (Fsp3) is 0.409. The Balaban J connectivity index is 1.68. The zero-order valence-electron chi connectivity index (χ0n) is 17.3. The van der Waals surface area contributed by atoms with Gasteiger partial charge in [0.2, 0.25) is 10.0 Å². The van der Waals surface area contributed by atoms with E-state index in [1.807, 2.05) is 18.7 Å². The highest BCUT2D eigenvalue weighted by Gasteiger charge is 2.32. The van der Waals surface area contributed by atoms with Crippen LogP contribution in [0.2, 0.25) is 0 Å². The minimum absolute atomic E-state index is 0.0594. The molecule has 0 radical (unpaired) electrons. The third kappa shape index (κ3) is 5.46. The molecule has 2 aromatic rings. The molecule has 0 bridgehead atoms. The second-order valence-electron chi connectivity index (χ2n) is 7.89. The number of alkyl halides is 3. The van der Waals surface area contributed by atoms with Crippen LogP contribution in [0.15, 0.2) is 53.4 Å². The molecule has 0 spiro atoms. The second-order valence-corrected chi connectivity index (χ2v) is 9.66. The predicted octanol–water partition coefficient (Wildman–Crippen LogP) is 4.59. The first kappa shape index (κ1) is 23.3. The summed E-state index contributed by atoms with van der Waals surface area (Å²) in [5.74, 6) is -0.0594. The van der Waals surface area contributed by atoms with Gasteiger partial charge in [0.15, 0.2) is 0 Å². The van der Waals surface area contributed by atoms with Crippen molar-refractivity contribution in [2.45, 2.75) is 62.8 Å². The Labute approximate surface area is 180 Å². The van der Waals surface area contributed by atoms with E-state index in [0.29, 0.717) is 17.2 Å². The van der Waals surface area contributed by atoms with Crippen molar-refractivity contribution in [1.82, 2.24) is 9.62 Å². The number of benzene rings is 2. The summed E-state index contributed by atoms with van der Waals surface area (Å²) in [6, 6.07) is 10.5. The lowest BCUT2D eigenvalue weighted by Crippen LogP contribution is -2.47. The number of hydrogen-bond donors (Lipinski definition) is 1. The summed E-state index contributed by atoms with van der Waals surface area (Å²) in [4.78, 5) is 14.3. The highest BCUT2D eigenvalue weighted by atomic mass is 32.2. The molecule has 1 fully saturated rings. The van der Waals surface area contributed by atoms with Gasteiger partial charge in [0.05, 0.1) is 10.5 Å². The molecule has 1 saturated heterocycles. The first-order chi connectivity index (χ1) is 14.5. The molecule has 0 saturated carbocycles. The Morgan fingerprint density at radius 2 is 1.68 bits per heavy atom. The number of halogens is 3. The lowest BCUT2D eigenvalue weighted by Gasteiger charge is -2.39. The maximum absolute atomic E-state index is 12.9. The van der Waals surface area contributed by atoms with E-state index in [9.17, 15) is 26.4 Å². The van der Waals surface area contributed by atoms with E-state index in [2.05, 4.69) is 4.72 Å². The van der Waals surface area contributed by atoms with Crippen molar-refractivity contribution >= 4 is 15.9 Å². The van der Waals surface area contributed by atoms with Gasteiger partial charge in [-0.3, -0.25) is 4.79 Å². The number of amides is 1. The van der Waals surface area contributed by atoms with E-state index in [4.69, 9.17) is 0 Å². The third-order valence-electron chi connectivity index (χ3n) is 5.57. The average Bonchev–Trinajstić information content (AvgIpc) is 2.72. The van der Waals surface area contributed by atoms with Crippen LogP contribution in [0.25, 0.3) is 0 Å². The van der Waals surface area contributed by atoms with Gasteiger partial charge in [0, 0.05) is 24.2 Å². The van der Waals surface area contributed by atoms with Crippen LogP contribution in [0.1, 0.15) is 54.6 Å². The Morgan fingerprint density at radius 3 is 2.26 bits per heavy atom. The topological polar surface area (TPSA) is 66.5 Å². The Bertz CT molecular complexity index is 1030. The van der Waals surface area contributed by atoms with Crippen molar-refractivity contribution in [2.24, 2.45) is 0 Å². The molecule has 5 nitrogen and oxygen atoms in total. The van der Waals surface area contributed by atoms with Crippen LogP contribution in [0.4, 0.5) is 13.2 Å². The monoisotopic (exact) mass is 454 g/mol. The molecule has 1 amide bonds. The molecular weight excluding hydrogens is 429 g/mol. The van der Waals surface area contributed by atoms with Crippen molar-refractivity contribution in [3.05, 3.63) is 65.2 Å². The normalized spacial score (nSPS) is 20.0. The number of sulfonamides is 1. The molecule has 3 rings (SSSR count). The molecule has 0 unspecified atom stereocenters. The average molecular weight is 455 g/mol. The van der Waals surface area contributed by atoms with E-state index in [1.165, 1.54) is 0 Å². The van der Waals surface area contributed by atoms with Gasteiger partial charge in [-0.25, -0.2) is 13.1 Å². The summed E-state index contributed by atoms with van der Waals surface area (Å²) in [6.45, 7) is 3.96. The van der Waals surface area contributed by atoms with E-state index in [-0.39, 0.29) is 24.5 Å². The molecule has 0 aromatic heterocycles. The minimum atomic E-state index is -4.63. The second kappa shape index (κ2) is 9.00. The Morgan fingerprint density at radius 1 is 1.06 bits per heavy atom. The van der Waals surface area contributed by atoms with Crippen LogP contribution in [0, 0.1) is 0 Å². The van der Waals surface area contributed by atoms with Gasteiger partial charge in [-0.2, -0.15) is 13.2 Å². The number of nitrogens with one attached hydrogen (secondary N) is 1. The lowest BCUT2D eigenvalue weighted by molar-refractivity contribution is -0.137. The number of nitrogens with zero attached hydrogens (tertiary/aromatic N) is 1. The number of carbonyl (C=O) groups excluding carboxylic acids is 1. The number of hydrogen-bond acceptors (Lipinski definition) is 3. The van der Waals surface area contributed by atoms with Crippen LogP contribution in [0.3, 0.4) is 0 Å². The molecule has 2 atom stereocenters. The number of carbonyl (C=O) groups is 1. The molecule has 0 aliphatic carbocycles. The van der Waals surface area contributed by atoms with E-state index in [0.717, 1.165) is 37.5 Å². The van der Waals surface area contributed by atoms with Gasteiger partial charge in [-0.1, -0.05) is 18.2 Å². The third-order valence-corrected chi connectivity index (χ3v) is 6.97. The molecular formula is C22H25F3N2O3S. The summed E-state index contributed by atoms with van der Waals surface area (Å²) in [5.41, 5.74) is 0.0799. The van der Waals surface area contributed by atoms with Crippen molar-refractivity contribution in [2.75, 3.05) is 0 Å². The summed E-state index contributed by atoms with van der Waals surface area (Å²) in [7, 11) is -4.12. The van der Waals surface area contributed by atoms with Gasteiger partial charge in [0.25, 0.3) is 5.91 Å². The number of rotatable bonds is 5. The molecule has 1 aliphatic heterocycles. The zero-order valence-corrected chi connectivity index (χ0v) is 18.1. The summed E-state index contributed by atoms with van der Waals surface area (Å²) in [6.07, 6.45) is -1.61. The SMILES string of the molecule is C[C@@H]1CCC[C@@H](C)N1C(=O)c1ccc(CNS(=O)(=O)c2cccc(C(F)(F)F)c2)cc1. The Kier molecular flexibility index (Phi) is 6.76. The molecule has 9 heteroatoms. The first-order valence-electron chi connectivity index (χ1n) is 10.1. The summed E-state index contributed by atoms with van der Waals surface area (Å²) in [5, 5.41) is 0. The molecule has 2 aromatic carbocycles. The van der Waals surface area contributed by atoms with Crippen LogP contribution in [-0.2, 0) is 22.7 Å². The van der Waals surface area contributed by atoms with Crippen molar-refractivity contribution in [1.29, 1.82) is 0 Å². The van der Waals surface area contributed by atoms with Crippen LogP contribution >= 0.6 is 0 Å². The molecule has 1 aliphatic rings. The van der Waals surface area contributed by atoms with Crippen molar-refractivity contribution in [3.63, 3.8) is 0 Å². The summed E-state index contributed by atoms with van der Waals surface area (Å²) < 4.78 is 65.6. The lowest BCUT2D eigenvalue weighted by atomic mass is 9.96. The van der Waals surface area contributed by atoms with E-state index >= 15 is 0 Å². The van der Waals surface area contributed by atoms with Crippen LogP contribution < -0.4 is 4.72 Å². The predicted molar refractivity (Wildman–Crippen MR) is 111 cm³/mol. The van der Waals surface area contributed by atoms with E-state index in [1.54, 1.807) is 24.3 Å². The van der Waals surface area contributed by atoms with Crippen molar-refractivity contribution < 1.29 is 26.4 Å². The van der Waals surface area contributed by atoms with Gasteiger partial charge < -0.3 is 4.90 Å². The van der Waals surface area contributed by atoms with Crippen LogP contribution in [0.5, 0.6) is 0 Å². The highest BCUT2D eigenvalue weighted by Crippen LogP contribution is 2.30. The molecule has 31 heavy (non-hydrogen) atoms. The van der Waals surface area contributed by atoms with Gasteiger partial charge in [-0.15, -0.1) is 0 Å². The maximum Gasteiger partial charge on any atom is 0.416 e. The fourth-order valence-corrected chi connectivity index (χ4v) is 4.90. The number of likely N-dealkylation sites (tertiary alicyclic amines) is 1. The van der Waals surface area contributed by atoms with Crippen molar-refractivity contribution in [3.8, 4) is 0 Å². The molecule has 1 heterocycles. The molecule has 168 valence electrons. The highest BCUT2D eigenvalue weighted by molar-refractivity contribution is 7.89. The summed E-state index contributed by atoms with van der Waals surface area (Å²) >= 11 is 0. The van der Waals surface area contributed by atoms with Crippen LogP contribution in [-0.4, -0.2) is 31.3 Å². The van der Waals surface area contributed by atoms with Gasteiger partial charge >= 0.3 is 6.18 Å². The maximum atomic E-state index is 12.9. The fourth-order valence-electron chi connectivity index (χ4n) is 3.84. The molecule has 1 N–H and O–H groups in total. The van der Waals surface area contributed by atoms with E-state index < -0.39 is 26.7 Å². The number of piperidine rings is 1. The minimum Gasteiger partial charge on any atom is -0.333 e. The Hall–Kier alpha value is -2.39. The smallest absolute Gasteiger partial charge is 0.333 e. The zero-order chi connectivity index (χ0) is 22.8.